The zero-order valence-electron chi connectivity index (χ0n) is 14.6. The Morgan fingerprint density at radius 3 is 2.74 bits per heavy atom. The van der Waals surface area contributed by atoms with Crippen molar-refractivity contribution in [2.75, 3.05) is 7.11 Å². The summed E-state index contributed by atoms with van der Waals surface area (Å²) in [7, 11) is 1.34. The number of fused-ring (bicyclic) bond motifs is 1. The third kappa shape index (κ3) is 4.07. The van der Waals surface area contributed by atoms with Crippen LogP contribution in [0.3, 0.4) is 0 Å². The molecule has 0 spiro atoms. The first-order valence-corrected chi connectivity index (χ1v) is 9.41. The number of halogens is 1. The molecule has 0 aliphatic rings. The lowest BCUT2D eigenvalue weighted by Crippen LogP contribution is -2.24. The average Bonchev–Trinajstić information content (AvgIpc) is 2.68. The largest absolute Gasteiger partial charge is 0.468 e. The van der Waals surface area contributed by atoms with E-state index in [-0.39, 0.29) is 12.1 Å². The third-order valence-corrected chi connectivity index (χ3v) is 5.39. The molecule has 0 saturated carbocycles. The van der Waals surface area contributed by atoms with E-state index in [0.717, 1.165) is 17.3 Å². The second kappa shape index (κ2) is 8.41. The van der Waals surface area contributed by atoms with Gasteiger partial charge in [-0.15, -0.1) is 6.58 Å². The van der Waals surface area contributed by atoms with Crippen molar-refractivity contribution in [1.29, 1.82) is 0 Å². The van der Waals surface area contributed by atoms with E-state index in [9.17, 15) is 9.59 Å². The van der Waals surface area contributed by atoms with Gasteiger partial charge in [0.25, 0.3) is 5.56 Å². The molecule has 27 heavy (non-hydrogen) atoms. The van der Waals surface area contributed by atoms with Crippen molar-refractivity contribution in [3.63, 3.8) is 0 Å². The summed E-state index contributed by atoms with van der Waals surface area (Å²) >= 11 is 7.22. The minimum absolute atomic E-state index is 0.212. The number of carbonyl (C=O) groups is 1. The van der Waals surface area contributed by atoms with Crippen LogP contribution in [0.1, 0.15) is 10.8 Å². The summed E-state index contributed by atoms with van der Waals surface area (Å²) in [6.45, 7) is 3.98. The molecule has 0 N–H and O–H groups in total. The lowest BCUT2D eigenvalue weighted by molar-refractivity contribution is -0.140. The SMILES string of the molecule is C=CCn1c(SC(C(=O)OC)c2ccccc2)nc2cc(Cl)ccc2c1=O. The minimum Gasteiger partial charge on any atom is -0.468 e. The molecule has 0 bridgehead atoms. The van der Waals surface area contributed by atoms with Crippen LogP contribution in [-0.4, -0.2) is 22.6 Å². The van der Waals surface area contributed by atoms with Gasteiger partial charge in [0.1, 0.15) is 5.25 Å². The van der Waals surface area contributed by atoms with Crippen LogP contribution in [-0.2, 0) is 16.1 Å². The van der Waals surface area contributed by atoms with E-state index in [1.807, 2.05) is 30.3 Å². The van der Waals surface area contributed by atoms with Gasteiger partial charge in [-0.3, -0.25) is 14.2 Å². The summed E-state index contributed by atoms with van der Waals surface area (Å²) in [4.78, 5) is 29.9. The van der Waals surface area contributed by atoms with Crippen LogP contribution in [0, 0.1) is 0 Å². The van der Waals surface area contributed by atoms with Crippen molar-refractivity contribution in [3.05, 3.63) is 82.1 Å². The fourth-order valence-corrected chi connectivity index (χ4v) is 3.94. The number of benzene rings is 2. The molecule has 3 rings (SSSR count). The monoisotopic (exact) mass is 400 g/mol. The number of aromatic nitrogens is 2. The van der Waals surface area contributed by atoms with E-state index in [4.69, 9.17) is 16.3 Å². The topological polar surface area (TPSA) is 61.2 Å². The predicted molar refractivity (Wildman–Crippen MR) is 108 cm³/mol. The number of hydrogen-bond acceptors (Lipinski definition) is 5. The Balaban J connectivity index is 2.15. The molecule has 0 aliphatic heterocycles. The molecule has 1 heterocycles. The van der Waals surface area contributed by atoms with E-state index in [0.29, 0.717) is 21.1 Å². The highest BCUT2D eigenvalue weighted by Crippen LogP contribution is 2.35. The van der Waals surface area contributed by atoms with Gasteiger partial charge >= 0.3 is 5.97 Å². The molecule has 5 nitrogen and oxygen atoms in total. The molecule has 3 aromatic rings. The normalized spacial score (nSPS) is 11.9. The molecular formula is C20H17ClN2O3S. The molecule has 1 aromatic heterocycles. The molecule has 0 aliphatic carbocycles. The van der Waals surface area contributed by atoms with E-state index < -0.39 is 11.2 Å². The van der Waals surface area contributed by atoms with Crippen LogP contribution in [0.25, 0.3) is 10.9 Å². The Kier molecular flexibility index (Phi) is 5.98. The number of thioether (sulfide) groups is 1. The van der Waals surface area contributed by atoms with Gasteiger partial charge in [0.15, 0.2) is 5.16 Å². The van der Waals surface area contributed by atoms with Gasteiger partial charge in [0, 0.05) is 11.6 Å². The molecule has 0 saturated heterocycles. The number of hydrogen-bond donors (Lipinski definition) is 0. The number of esters is 1. The maximum Gasteiger partial charge on any atom is 0.323 e. The van der Waals surface area contributed by atoms with Gasteiger partial charge in [-0.1, -0.05) is 59.8 Å². The summed E-state index contributed by atoms with van der Waals surface area (Å²) in [6, 6.07) is 14.2. The molecule has 2 aromatic carbocycles. The molecule has 0 amide bonds. The first kappa shape index (κ1) is 19.2. The molecule has 0 fully saturated rings. The number of methoxy groups -OCH3 is 1. The van der Waals surface area contributed by atoms with Crippen molar-refractivity contribution in [1.82, 2.24) is 9.55 Å². The van der Waals surface area contributed by atoms with Gasteiger partial charge in [0.2, 0.25) is 0 Å². The summed E-state index contributed by atoms with van der Waals surface area (Å²) in [5.74, 6) is -0.420. The second-order valence-electron chi connectivity index (χ2n) is 5.69. The summed E-state index contributed by atoms with van der Waals surface area (Å²) in [6.07, 6.45) is 1.62. The van der Waals surface area contributed by atoms with Crippen molar-refractivity contribution in [3.8, 4) is 0 Å². The maximum atomic E-state index is 12.9. The van der Waals surface area contributed by atoms with Gasteiger partial charge in [-0.2, -0.15) is 0 Å². The van der Waals surface area contributed by atoms with Crippen LogP contribution in [0.4, 0.5) is 0 Å². The number of nitrogens with zero attached hydrogens (tertiary/aromatic N) is 2. The zero-order valence-corrected chi connectivity index (χ0v) is 16.2. The van der Waals surface area contributed by atoms with Crippen molar-refractivity contribution in [2.24, 2.45) is 0 Å². The first-order valence-electron chi connectivity index (χ1n) is 8.15. The van der Waals surface area contributed by atoms with Crippen LogP contribution >= 0.6 is 23.4 Å². The number of carbonyl (C=O) groups excluding carboxylic acids is 1. The smallest absolute Gasteiger partial charge is 0.323 e. The predicted octanol–water partition coefficient (Wildman–Crippen LogP) is 4.24. The van der Waals surface area contributed by atoms with Crippen LogP contribution in [0.15, 0.2) is 71.1 Å². The van der Waals surface area contributed by atoms with Gasteiger partial charge < -0.3 is 4.74 Å². The number of allylic oxidation sites excluding steroid dienone is 1. The van der Waals surface area contributed by atoms with E-state index in [1.165, 1.54) is 11.7 Å². The molecule has 138 valence electrons. The summed E-state index contributed by atoms with van der Waals surface area (Å²) < 4.78 is 6.45. The highest BCUT2D eigenvalue weighted by atomic mass is 35.5. The van der Waals surface area contributed by atoms with Crippen molar-refractivity contribution >= 4 is 40.2 Å². The fraction of sp³-hybridized carbons (Fsp3) is 0.150. The quantitative estimate of drug-likeness (QED) is 0.268. The van der Waals surface area contributed by atoms with E-state index >= 15 is 0 Å². The summed E-state index contributed by atoms with van der Waals surface area (Å²) in [5.41, 5.74) is 1.03. The van der Waals surface area contributed by atoms with Crippen LogP contribution in [0.2, 0.25) is 5.02 Å². The first-order chi connectivity index (χ1) is 13.0. The van der Waals surface area contributed by atoms with Crippen molar-refractivity contribution in [2.45, 2.75) is 17.0 Å². The Labute approximate surface area is 165 Å². The van der Waals surface area contributed by atoms with Gasteiger partial charge in [0.05, 0.1) is 18.0 Å². The Morgan fingerprint density at radius 2 is 2.07 bits per heavy atom. The molecule has 7 heteroatoms. The highest BCUT2D eigenvalue weighted by Gasteiger charge is 2.25. The fourth-order valence-electron chi connectivity index (χ4n) is 2.65. The average molecular weight is 401 g/mol. The zero-order chi connectivity index (χ0) is 19.4. The minimum atomic E-state index is -0.657. The van der Waals surface area contributed by atoms with Crippen molar-refractivity contribution < 1.29 is 9.53 Å². The second-order valence-corrected chi connectivity index (χ2v) is 7.20. The number of rotatable bonds is 6. The Bertz CT molecular complexity index is 1050. The lowest BCUT2D eigenvalue weighted by Gasteiger charge is -2.17. The molecule has 1 atom stereocenters. The molecular weight excluding hydrogens is 384 g/mol. The van der Waals surface area contributed by atoms with Crippen LogP contribution < -0.4 is 5.56 Å². The van der Waals surface area contributed by atoms with E-state index in [1.54, 1.807) is 24.3 Å². The maximum absolute atomic E-state index is 12.9. The Hall–Kier alpha value is -2.57. The third-order valence-electron chi connectivity index (χ3n) is 3.93. The standard InChI is InChI=1S/C20H17ClN2O3S/c1-3-11-23-18(24)15-10-9-14(21)12-16(15)22-20(23)27-17(19(25)26-2)13-7-5-4-6-8-13/h3-10,12,17H,1,11H2,2H3. The highest BCUT2D eigenvalue weighted by molar-refractivity contribution is 8.00. The van der Waals surface area contributed by atoms with Gasteiger partial charge in [-0.25, -0.2) is 4.98 Å². The number of ether oxygens (including phenoxy) is 1. The Morgan fingerprint density at radius 1 is 1.33 bits per heavy atom. The van der Waals surface area contributed by atoms with E-state index in [2.05, 4.69) is 11.6 Å². The molecule has 0 radical (unpaired) electrons. The van der Waals surface area contributed by atoms with Crippen LogP contribution in [0.5, 0.6) is 0 Å². The van der Waals surface area contributed by atoms with Gasteiger partial charge in [-0.05, 0) is 23.8 Å². The molecule has 1 unspecified atom stereocenters. The summed E-state index contributed by atoms with van der Waals surface area (Å²) in [5, 5.41) is 0.684. The lowest BCUT2D eigenvalue weighted by atomic mass is 10.1.